The van der Waals surface area contributed by atoms with Crippen LogP contribution in [0.5, 0.6) is 5.75 Å². The van der Waals surface area contributed by atoms with Crippen molar-refractivity contribution in [3.05, 3.63) is 66.2 Å². The van der Waals surface area contributed by atoms with Crippen LogP contribution in [0, 0.1) is 11.8 Å². The van der Waals surface area contributed by atoms with E-state index < -0.39 is 5.60 Å². The monoisotopic (exact) mass is 406 g/mol. The Balaban J connectivity index is 1.20. The molecular weight excluding hydrogens is 374 g/mol. The molecule has 2 aliphatic carbocycles. The van der Waals surface area contributed by atoms with Crippen molar-refractivity contribution < 1.29 is 19.1 Å². The van der Waals surface area contributed by atoms with Gasteiger partial charge in [0.05, 0.1) is 13.1 Å². The first kappa shape index (κ1) is 18.9. The summed E-state index contributed by atoms with van der Waals surface area (Å²) in [4.78, 5) is 0. The first-order chi connectivity index (χ1) is 14.7. The fraction of sp³-hybridized carbons (Fsp3) is 0.538. The highest BCUT2D eigenvalue weighted by Crippen LogP contribution is 2.72. The molecule has 2 saturated carbocycles. The zero-order valence-electron chi connectivity index (χ0n) is 17.6. The Morgan fingerprint density at radius 1 is 0.933 bits per heavy atom. The lowest BCUT2D eigenvalue weighted by molar-refractivity contribution is -0.960. The van der Waals surface area contributed by atoms with E-state index in [1.807, 2.05) is 48.5 Å². The van der Waals surface area contributed by atoms with Gasteiger partial charge in [0.15, 0.2) is 0 Å². The fourth-order valence-corrected chi connectivity index (χ4v) is 6.85. The summed E-state index contributed by atoms with van der Waals surface area (Å²) in [5.74, 6) is 1.82. The summed E-state index contributed by atoms with van der Waals surface area (Å²) >= 11 is 0. The lowest BCUT2D eigenvalue weighted by atomic mass is 9.83. The van der Waals surface area contributed by atoms with Crippen LogP contribution in [0.25, 0.3) is 0 Å². The molecule has 0 amide bonds. The Morgan fingerprint density at radius 2 is 1.63 bits per heavy atom. The zero-order chi connectivity index (χ0) is 20.2. The van der Waals surface area contributed by atoms with Crippen LogP contribution < -0.4 is 4.74 Å². The van der Waals surface area contributed by atoms with E-state index in [1.54, 1.807) is 0 Å². The van der Waals surface area contributed by atoms with Crippen LogP contribution in [-0.2, 0) is 10.3 Å². The molecule has 5 fully saturated rings. The molecule has 3 saturated heterocycles. The summed E-state index contributed by atoms with van der Waals surface area (Å²) in [6.07, 6.45) is 5.84. The maximum atomic E-state index is 11.7. The molecule has 0 radical (unpaired) electrons. The molecule has 7 rings (SSSR count). The number of ether oxygens (including phenoxy) is 2. The minimum absolute atomic E-state index is 0.227. The van der Waals surface area contributed by atoms with Gasteiger partial charge in [-0.15, -0.1) is 0 Å². The maximum Gasteiger partial charge on any atom is 0.224 e. The van der Waals surface area contributed by atoms with Crippen LogP contribution >= 0.6 is 0 Å². The van der Waals surface area contributed by atoms with Gasteiger partial charge in [0.2, 0.25) is 6.73 Å². The number of quaternary nitrogens is 1. The molecule has 2 aromatic rings. The molecule has 4 nitrogen and oxygen atoms in total. The number of hydrogen-bond acceptors (Lipinski definition) is 3. The summed E-state index contributed by atoms with van der Waals surface area (Å²) in [5, 5.41) is 11.7. The average Bonchev–Trinajstić information content (AvgIpc) is 3.09. The third kappa shape index (κ3) is 2.70. The number of para-hydroxylation sites is 1. The van der Waals surface area contributed by atoms with E-state index in [0.29, 0.717) is 5.92 Å². The van der Waals surface area contributed by atoms with E-state index in [9.17, 15) is 5.11 Å². The van der Waals surface area contributed by atoms with E-state index in [0.717, 1.165) is 48.3 Å². The molecule has 3 unspecified atom stereocenters. The van der Waals surface area contributed by atoms with Crippen molar-refractivity contribution in [2.24, 2.45) is 11.8 Å². The molecular formula is C26H32NO3+. The van der Waals surface area contributed by atoms with E-state index >= 15 is 0 Å². The standard InChI is InChI=1S/C26H32NO3/c28-26(21-8-3-1-4-9-21)24-12-7-15-25(24,26)30-23-18-27(16-13-20(23)14-17-27)19-29-22-10-5-2-6-11-22/h1-6,8-11,20,23-24,28H,7,12-19H2/q+1/t20?,23-,24?,25?,26?,27?/m1/s1. The van der Waals surface area contributed by atoms with Crippen molar-refractivity contribution in [1.29, 1.82) is 0 Å². The highest BCUT2D eigenvalue weighted by molar-refractivity contribution is 5.41. The number of piperidine rings is 3. The van der Waals surface area contributed by atoms with Crippen LogP contribution in [0.4, 0.5) is 0 Å². The van der Waals surface area contributed by atoms with Crippen molar-refractivity contribution in [2.45, 2.75) is 49.4 Å². The molecule has 158 valence electrons. The van der Waals surface area contributed by atoms with Crippen LogP contribution in [0.3, 0.4) is 0 Å². The smallest absolute Gasteiger partial charge is 0.224 e. The van der Waals surface area contributed by atoms with Crippen LogP contribution in [0.15, 0.2) is 60.7 Å². The van der Waals surface area contributed by atoms with Gasteiger partial charge in [-0.3, -0.25) is 4.48 Å². The Morgan fingerprint density at radius 3 is 2.37 bits per heavy atom. The topological polar surface area (TPSA) is 38.7 Å². The number of rotatable bonds is 6. The molecule has 4 atom stereocenters. The zero-order valence-corrected chi connectivity index (χ0v) is 17.6. The minimum atomic E-state index is -0.802. The van der Waals surface area contributed by atoms with Crippen LogP contribution in [-0.4, -0.2) is 47.7 Å². The SMILES string of the molecule is OC1(c2ccccc2)C2CCCC21O[C@@H]1C[N+]2(COc3ccccc3)CCC1CC2. The quantitative estimate of drug-likeness (QED) is 0.735. The normalized spacial score (nSPS) is 41.4. The van der Waals surface area contributed by atoms with Crippen molar-refractivity contribution in [3.63, 3.8) is 0 Å². The summed E-state index contributed by atoms with van der Waals surface area (Å²) in [5.41, 5.74) is -0.140. The number of aliphatic hydroxyl groups is 1. The van der Waals surface area contributed by atoms with E-state index in [-0.39, 0.29) is 17.6 Å². The second kappa shape index (κ2) is 6.81. The number of benzene rings is 2. The molecule has 0 spiro atoms. The Labute approximate surface area is 179 Å². The fourth-order valence-electron chi connectivity index (χ4n) is 6.85. The predicted octanol–water partition coefficient (Wildman–Crippen LogP) is 4.09. The summed E-state index contributed by atoms with van der Waals surface area (Å²) in [6.45, 7) is 4.08. The minimum Gasteiger partial charge on any atom is -0.445 e. The van der Waals surface area contributed by atoms with E-state index in [1.165, 1.54) is 25.9 Å². The molecule has 3 heterocycles. The molecule has 5 aliphatic rings. The van der Waals surface area contributed by atoms with Crippen molar-refractivity contribution in [2.75, 3.05) is 26.4 Å². The Bertz CT molecular complexity index is 895. The Kier molecular flexibility index (Phi) is 4.28. The number of nitrogens with zero attached hydrogens (tertiary/aromatic N) is 1. The summed E-state index contributed by atoms with van der Waals surface area (Å²) in [7, 11) is 0. The lowest BCUT2D eigenvalue weighted by Gasteiger charge is -2.52. The highest BCUT2D eigenvalue weighted by Gasteiger charge is 2.80. The maximum absolute atomic E-state index is 11.7. The van der Waals surface area contributed by atoms with Crippen LogP contribution in [0.2, 0.25) is 0 Å². The molecule has 4 heteroatoms. The van der Waals surface area contributed by atoms with Crippen LogP contribution in [0.1, 0.15) is 37.7 Å². The molecule has 1 N–H and O–H groups in total. The van der Waals surface area contributed by atoms with Crippen molar-refractivity contribution >= 4 is 0 Å². The van der Waals surface area contributed by atoms with Crippen molar-refractivity contribution in [3.8, 4) is 5.75 Å². The molecule has 3 aliphatic heterocycles. The van der Waals surface area contributed by atoms with Gasteiger partial charge in [-0.25, -0.2) is 0 Å². The summed E-state index contributed by atoms with van der Waals surface area (Å²) in [6, 6.07) is 20.4. The average molecular weight is 407 g/mol. The highest BCUT2D eigenvalue weighted by atomic mass is 16.5. The first-order valence-electron chi connectivity index (χ1n) is 11.6. The largest absolute Gasteiger partial charge is 0.445 e. The first-order valence-corrected chi connectivity index (χ1v) is 11.6. The number of fused-ring (bicyclic) bond motifs is 4. The Hall–Kier alpha value is -1.88. The van der Waals surface area contributed by atoms with Gasteiger partial charge in [0, 0.05) is 24.7 Å². The van der Waals surface area contributed by atoms with Gasteiger partial charge < -0.3 is 14.6 Å². The van der Waals surface area contributed by atoms with Gasteiger partial charge >= 0.3 is 0 Å². The lowest BCUT2D eigenvalue weighted by Crippen LogP contribution is -2.66. The predicted molar refractivity (Wildman–Crippen MR) is 115 cm³/mol. The second-order valence-corrected chi connectivity index (χ2v) is 10.0. The molecule has 30 heavy (non-hydrogen) atoms. The third-order valence-electron chi connectivity index (χ3n) is 8.54. The molecule has 2 aromatic carbocycles. The van der Waals surface area contributed by atoms with Gasteiger partial charge in [-0.1, -0.05) is 48.5 Å². The molecule has 0 aromatic heterocycles. The van der Waals surface area contributed by atoms with Gasteiger partial charge in [0.25, 0.3) is 0 Å². The number of hydrogen-bond donors (Lipinski definition) is 1. The summed E-state index contributed by atoms with van der Waals surface area (Å²) < 4.78 is 14.2. The van der Waals surface area contributed by atoms with Gasteiger partial charge in [-0.2, -0.15) is 0 Å². The van der Waals surface area contributed by atoms with Gasteiger partial charge in [0.1, 0.15) is 29.6 Å². The van der Waals surface area contributed by atoms with E-state index in [2.05, 4.69) is 12.1 Å². The third-order valence-corrected chi connectivity index (χ3v) is 8.54. The van der Waals surface area contributed by atoms with Crippen molar-refractivity contribution in [1.82, 2.24) is 0 Å². The second-order valence-electron chi connectivity index (χ2n) is 10.0. The molecule has 2 bridgehead atoms. The van der Waals surface area contributed by atoms with Gasteiger partial charge in [-0.05, 0) is 37.0 Å². The van der Waals surface area contributed by atoms with E-state index in [4.69, 9.17) is 9.47 Å².